The number of nitrogens with one attached hydrogen (secondary N) is 1. The van der Waals surface area contributed by atoms with E-state index in [1.807, 2.05) is 6.92 Å². The first kappa shape index (κ1) is 14.4. The molecule has 0 aliphatic rings. The van der Waals surface area contributed by atoms with Crippen LogP contribution >= 0.6 is 0 Å². The van der Waals surface area contributed by atoms with Gasteiger partial charge in [-0.3, -0.25) is 0 Å². The van der Waals surface area contributed by atoms with Crippen LogP contribution in [0.15, 0.2) is 12.1 Å². The summed E-state index contributed by atoms with van der Waals surface area (Å²) < 4.78 is 4.93. The van der Waals surface area contributed by atoms with E-state index >= 15 is 0 Å². The highest BCUT2D eigenvalue weighted by atomic mass is 16.5. The summed E-state index contributed by atoms with van der Waals surface area (Å²) in [6.07, 6.45) is 0.643. The Morgan fingerprint density at radius 1 is 1.56 bits per heavy atom. The summed E-state index contributed by atoms with van der Waals surface area (Å²) in [6.45, 7) is 2.10. The van der Waals surface area contributed by atoms with Crippen molar-refractivity contribution in [1.82, 2.24) is 4.98 Å². The summed E-state index contributed by atoms with van der Waals surface area (Å²) in [6, 6.07) is 2.67. The molecule has 3 N–H and O–H groups in total. The summed E-state index contributed by atoms with van der Waals surface area (Å²) in [5.74, 6) is -0.565. The Hall–Kier alpha value is -1.66. The molecule has 0 radical (unpaired) electrons. The number of aromatic nitrogens is 1. The van der Waals surface area contributed by atoms with Gasteiger partial charge in [-0.2, -0.15) is 0 Å². The molecule has 18 heavy (non-hydrogen) atoms. The SMILES string of the molecule is CCc1cc(C(=O)O)cc(NC(CO)COC)n1. The number of pyridine rings is 1. The molecule has 100 valence electrons. The molecular formula is C12H18N2O4. The third-order valence-electron chi connectivity index (χ3n) is 2.43. The fraction of sp³-hybridized carbons (Fsp3) is 0.500. The van der Waals surface area contributed by atoms with Gasteiger partial charge in [0.2, 0.25) is 0 Å². The number of carboxylic acids is 1. The Balaban J connectivity index is 2.93. The Labute approximate surface area is 106 Å². The topological polar surface area (TPSA) is 91.7 Å². The molecule has 1 aromatic rings. The standard InChI is InChI=1S/C12H18N2O4/c1-3-9-4-8(12(16)17)5-11(13-9)14-10(6-15)7-18-2/h4-5,10,15H,3,6-7H2,1-2H3,(H,13,14)(H,16,17). The third-order valence-corrected chi connectivity index (χ3v) is 2.43. The number of hydrogen-bond donors (Lipinski definition) is 3. The van der Waals surface area contributed by atoms with E-state index in [2.05, 4.69) is 10.3 Å². The van der Waals surface area contributed by atoms with Crippen LogP contribution in [0.4, 0.5) is 5.82 Å². The van der Waals surface area contributed by atoms with E-state index in [-0.39, 0.29) is 18.2 Å². The highest BCUT2D eigenvalue weighted by Crippen LogP contribution is 2.12. The second-order valence-electron chi connectivity index (χ2n) is 3.87. The molecule has 0 saturated carbocycles. The van der Waals surface area contributed by atoms with Crippen molar-refractivity contribution in [2.45, 2.75) is 19.4 Å². The van der Waals surface area contributed by atoms with Crippen molar-refractivity contribution in [3.05, 3.63) is 23.4 Å². The van der Waals surface area contributed by atoms with E-state index in [4.69, 9.17) is 14.9 Å². The number of methoxy groups -OCH3 is 1. The van der Waals surface area contributed by atoms with Crippen LogP contribution in [0.2, 0.25) is 0 Å². The average molecular weight is 254 g/mol. The van der Waals surface area contributed by atoms with E-state index < -0.39 is 5.97 Å². The number of anilines is 1. The molecule has 0 spiro atoms. The zero-order valence-electron chi connectivity index (χ0n) is 10.5. The number of carboxylic acid groups (broad SMARTS) is 1. The molecule has 0 saturated heterocycles. The van der Waals surface area contributed by atoms with Crippen LogP contribution < -0.4 is 5.32 Å². The van der Waals surface area contributed by atoms with Gasteiger partial charge in [0, 0.05) is 12.8 Å². The molecule has 0 fully saturated rings. The van der Waals surface area contributed by atoms with Gasteiger partial charge in [-0.25, -0.2) is 9.78 Å². The predicted octanol–water partition coefficient (Wildman–Crippen LogP) is 0.761. The number of aliphatic hydroxyl groups excluding tert-OH is 1. The van der Waals surface area contributed by atoms with Crippen LogP contribution in [0.1, 0.15) is 23.0 Å². The van der Waals surface area contributed by atoms with E-state index in [0.29, 0.717) is 24.5 Å². The Morgan fingerprint density at radius 2 is 2.28 bits per heavy atom. The zero-order valence-corrected chi connectivity index (χ0v) is 10.5. The van der Waals surface area contributed by atoms with Crippen LogP contribution in [0.25, 0.3) is 0 Å². The van der Waals surface area contributed by atoms with Gasteiger partial charge in [-0.1, -0.05) is 6.92 Å². The molecule has 0 aromatic carbocycles. The van der Waals surface area contributed by atoms with Gasteiger partial charge in [-0.05, 0) is 18.6 Å². The van der Waals surface area contributed by atoms with Gasteiger partial charge in [0.05, 0.1) is 24.8 Å². The number of nitrogens with zero attached hydrogens (tertiary/aromatic N) is 1. The minimum absolute atomic E-state index is 0.117. The molecule has 0 amide bonds. The molecule has 1 rings (SSSR count). The first-order valence-corrected chi connectivity index (χ1v) is 5.71. The van der Waals surface area contributed by atoms with Crippen molar-refractivity contribution < 1.29 is 19.7 Å². The average Bonchev–Trinajstić information content (AvgIpc) is 2.37. The lowest BCUT2D eigenvalue weighted by Gasteiger charge is -2.16. The van der Waals surface area contributed by atoms with E-state index in [0.717, 1.165) is 0 Å². The smallest absolute Gasteiger partial charge is 0.335 e. The number of carbonyl (C=O) groups is 1. The van der Waals surface area contributed by atoms with Crippen molar-refractivity contribution in [2.75, 3.05) is 25.6 Å². The van der Waals surface area contributed by atoms with Gasteiger partial charge in [0.25, 0.3) is 0 Å². The van der Waals surface area contributed by atoms with Crippen molar-refractivity contribution in [3.63, 3.8) is 0 Å². The van der Waals surface area contributed by atoms with Crippen molar-refractivity contribution in [1.29, 1.82) is 0 Å². The minimum Gasteiger partial charge on any atom is -0.478 e. The summed E-state index contributed by atoms with van der Waals surface area (Å²) in [4.78, 5) is 15.2. The maximum Gasteiger partial charge on any atom is 0.335 e. The third kappa shape index (κ3) is 3.97. The summed E-state index contributed by atoms with van der Waals surface area (Å²) >= 11 is 0. The van der Waals surface area contributed by atoms with E-state index in [1.54, 1.807) is 0 Å². The number of ether oxygens (including phenoxy) is 1. The van der Waals surface area contributed by atoms with Gasteiger partial charge < -0.3 is 20.3 Å². The number of hydrogen-bond acceptors (Lipinski definition) is 5. The second-order valence-corrected chi connectivity index (χ2v) is 3.87. The summed E-state index contributed by atoms with van der Waals surface area (Å²) in [5, 5.41) is 21.1. The zero-order chi connectivity index (χ0) is 13.5. The largest absolute Gasteiger partial charge is 0.478 e. The number of rotatable bonds is 7. The molecule has 1 unspecified atom stereocenters. The first-order chi connectivity index (χ1) is 8.60. The van der Waals surface area contributed by atoms with Gasteiger partial charge in [0.1, 0.15) is 5.82 Å². The van der Waals surface area contributed by atoms with Gasteiger partial charge >= 0.3 is 5.97 Å². The Kier molecular flexibility index (Phi) is 5.54. The lowest BCUT2D eigenvalue weighted by atomic mass is 10.2. The van der Waals surface area contributed by atoms with Crippen molar-refractivity contribution in [2.24, 2.45) is 0 Å². The molecule has 6 heteroatoms. The van der Waals surface area contributed by atoms with Crippen LogP contribution in [-0.4, -0.2) is 47.5 Å². The van der Waals surface area contributed by atoms with Crippen LogP contribution in [0.3, 0.4) is 0 Å². The Morgan fingerprint density at radius 3 is 2.78 bits per heavy atom. The highest BCUT2D eigenvalue weighted by Gasteiger charge is 2.11. The van der Waals surface area contributed by atoms with Crippen molar-refractivity contribution >= 4 is 11.8 Å². The highest BCUT2D eigenvalue weighted by molar-refractivity contribution is 5.88. The summed E-state index contributed by atoms with van der Waals surface area (Å²) in [7, 11) is 1.53. The van der Waals surface area contributed by atoms with Crippen LogP contribution in [0.5, 0.6) is 0 Å². The Bertz CT molecular complexity index is 409. The number of aliphatic hydroxyl groups is 1. The fourth-order valence-corrected chi connectivity index (χ4v) is 1.52. The molecule has 6 nitrogen and oxygen atoms in total. The maximum atomic E-state index is 11.0. The molecule has 1 aromatic heterocycles. The van der Waals surface area contributed by atoms with Crippen molar-refractivity contribution in [3.8, 4) is 0 Å². The molecule has 1 atom stereocenters. The van der Waals surface area contributed by atoms with Crippen LogP contribution in [0, 0.1) is 0 Å². The van der Waals surface area contributed by atoms with Gasteiger partial charge in [-0.15, -0.1) is 0 Å². The van der Waals surface area contributed by atoms with E-state index in [1.165, 1.54) is 19.2 Å². The minimum atomic E-state index is -0.998. The predicted molar refractivity (Wildman–Crippen MR) is 66.9 cm³/mol. The van der Waals surface area contributed by atoms with E-state index in [9.17, 15) is 4.79 Å². The number of aromatic carboxylic acids is 1. The van der Waals surface area contributed by atoms with Crippen LogP contribution in [-0.2, 0) is 11.2 Å². The fourth-order valence-electron chi connectivity index (χ4n) is 1.52. The number of aryl methyl sites for hydroxylation is 1. The second kappa shape index (κ2) is 6.93. The molecule has 0 aliphatic heterocycles. The lowest BCUT2D eigenvalue weighted by Crippen LogP contribution is -2.29. The molecular weight excluding hydrogens is 236 g/mol. The molecule has 0 aliphatic carbocycles. The summed E-state index contributed by atoms with van der Waals surface area (Å²) in [5.41, 5.74) is 0.866. The monoisotopic (exact) mass is 254 g/mol. The lowest BCUT2D eigenvalue weighted by molar-refractivity contribution is 0.0696. The molecule has 0 bridgehead atoms. The molecule has 1 heterocycles. The quantitative estimate of drug-likeness (QED) is 0.665. The first-order valence-electron chi connectivity index (χ1n) is 5.71. The van der Waals surface area contributed by atoms with Gasteiger partial charge in [0.15, 0.2) is 0 Å². The normalized spacial score (nSPS) is 12.2. The maximum absolute atomic E-state index is 11.0.